The van der Waals surface area contributed by atoms with Gasteiger partial charge in [0.2, 0.25) is 5.91 Å². The molecule has 1 aliphatic rings. The van der Waals surface area contributed by atoms with E-state index in [4.69, 9.17) is 0 Å². The second-order valence-corrected chi connectivity index (χ2v) is 6.84. The van der Waals surface area contributed by atoms with E-state index in [1.165, 1.54) is 0 Å². The summed E-state index contributed by atoms with van der Waals surface area (Å²) in [6.45, 7) is 10.9. The van der Waals surface area contributed by atoms with Crippen LogP contribution in [0.5, 0.6) is 0 Å². The molecule has 2 rings (SSSR count). The minimum atomic E-state index is 0.220. The minimum absolute atomic E-state index is 0.220. The lowest BCUT2D eigenvalue weighted by Crippen LogP contribution is -2.52. The molecule has 21 heavy (non-hydrogen) atoms. The van der Waals surface area contributed by atoms with E-state index in [1.807, 2.05) is 42.2 Å². The monoisotopic (exact) mass is 288 g/mol. The zero-order valence-electron chi connectivity index (χ0n) is 13.8. The van der Waals surface area contributed by atoms with Crippen LogP contribution in [0.15, 0.2) is 30.3 Å². The van der Waals surface area contributed by atoms with Gasteiger partial charge in [-0.3, -0.25) is 9.69 Å². The molecule has 0 aliphatic carbocycles. The molecule has 0 atom stereocenters. The van der Waals surface area contributed by atoms with Crippen LogP contribution in [0.4, 0.5) is 5.69 Å². The molecule has 3 heteroatoms. The molecule has 0 aromatic heterocycles. The first kappa shape index (κ1) is 16.0. The van der Waals surface area contributed by atoms with Crippen molar-refractivity contribution in [3.05, 3.63) is 30.3 Å². The second-order valence-electron chi connectivity index (χ2n) is 6.84. The largest absolute Gasteiger partial charge is 0.309 e. The molecule has 0 bridgehead atoms. The van der Waals surface area contributed by atoms with Gasteiger partial charge in [0.25, 0.3) is 0 Å². The Kier molecular flexibility index (Phi) is 5.04. The Morgan fingerprint density at radius 2 is 1.76 bits per heavy atom. The molecule has 0 spiro atoms. The number of rotatable bonds is 3. The van der Waals surface area contributed by atoms with Crippen LogP contribution in [0.25, 0.3) is 0 Å². The van der Waals surface area contributed by atoms with Crippen molar-refractivity contribution in [2.45, 2.75) is 58.5 Å². The van der Waals surface area contributed by atoms with Crippen molar-refractivity contribution in [2.24, 2.45) is 0 Å². The maximum absolute atomic E-state index is 12.4. The summed E-state index contributed by atoms with van der Waals surface area (Å²) in [5, 5.41) is 0. The zero-order valence-corrected chi connectivity index (χ0v) is 13.8. The Bertz CT molecular complexity index is 456. The molecular formula is C18H28N2O. The molecule has 3 nitrogen and oxygen atoms in total. The van der Waals surface area contributed by atoms with Gasteiger partial charge in [0.1, 0.15) is 0 Å². The molecule has 1 heterocycles. The molecule has 116 valence electrons. The number of para-hydroxylation sites is 1. The Labute approximate surface area is 128 Å². The van der Waals surface area contributed by atoms with Gasteiger partial charge in [-0.25, -0.2) is 0 Å². The summed E-state index contributed by atoms with van der Waals surface area (Å²) < 4.78 is 0. The fraction of sp³-hybridized carbons (Fsp3) is 0.611. The van der Waals surface area contributed by atoms with E-state index >= 15 is 0 Å². The lowest BCUT2D eigenvalue weighted by Gasteiger charge is -2.43. The summed E-state index contributed by atoms with van der Waals surface area (Å²) in [6, 6.07) is 10.4. The van der Waals surface area contributed by atoms with Gasteiger partial charge >= 0.3 is 0 Å². The molecular weight excluding hydrogens is 260 g/mol. The third-order valence-electron chi connectivity index (χ3n) is 4.38. The lowest BCUT2D eigenvalue weighted by atomic mass is 9.96. The predicted octanol–water partition coefficient (Wildman–Crippen LogP) is 3.69. The normalized spacial score (nSPS) is 17.7. The van der Waals surface area contributed by atoms with Crippen molar-refractivity contribution in [1.82, 2.24) is 4.90 Å². The molecule has 0 N–H and O–H groups in total. The number of amides is 1. The summed E-state index contributed by atoms with van der Waals surface area (Å²) in [4.78, 5) is 16.9. The Morgan fingerprint density at radius 3 is 2.24 bits per heavy atom. The number of benzene rings is 1. The highest BCUT2D eigenvalue weighted by molar-refractivity contribution is 5.93. The van der Waals surface area contributed by atoms with Crippen molar-refractivity contribution >= 4 is 11.6 Å². The van der Waals surface area contributed by atoms with Crippen LogP contribution in [0, 0.1) is 0 Å². The summed E-state index contributed by atoms with van der Waals surface area (Å²) in [7, 11) is 0. The SMILES string of the molecule is CCC(=O)N(c1ccccc1)C1CCN(C(C)(C)C)CC1. The molecule has 1 aliphatic heterocycles. The second kappa shape index (κ2) is 6.61. The first-order chi connectivity index (χ1) is 9.93. The van der Waals surface area contributed by atoms with E-state index in [-0.39, 0.29) is 11.4 Å². The number of likely N-dealkylation sites (tertiary alicyclic amines) is 1. The van der Waals surface area contributed by atoms with Gasteiger partial charge in [0.05, 0.1) is 0 Å². The third-order valence-corrected chi connectivity index (χ3v) is 4.38. The highest BCUT2D eigenvalue weighted by Gasteiger charge is 2.31. The van der Waals surface area contributed by atoms with Gasteiger partial charge < -0.3 is 4.90 Å². The molecule has 1 amide bonds. The average Bonchev–Trinajstić information content (AvgIpc) is 2.48. The maximum atomic E-state index is 12.4. The summed E-state index contributed by atoms with van der Waals surface area (Å²) in [5.74, 6) is 0.232. The standard InChI is InChI=1S/C18H28N2O/c1-5-17(21)20(15-9-7-6-8-10-15)16-11-13-19(14-12-16)18(2,3)4/h6-10,16H,5,11-14H2,1-4H3. The Morgan fingerprint density at radius 1 is 1.19 bits per heavy atom. The summed E-state index contributed by atoms with van der Waals surface area (Å²) >= 11 is 0. The van der Waals surface area contributed by atoms with Gasteiger partial charge in [-0.2, -0.15) is 0 Å². The van der Waals surface area contributed by atoms with Crippen molar-refractivity contribution in [1.29, 1.82) is 0 Å². The average molecular weight is 288 g/mol. The van der Waals surface area contributed by atoms with E-state index in [2.05, 4.69) is 25.7 Å². The van der Waals surface area contributed by atoms with E-state index in [9.17, 15) is 4.79 Å². The van der Waals surface area contributed by atoms with Crippen LogP contribution in [0.2, 0.25) is 0 Å². The van der Waals surface area contributed by atoms with Crippen LogP contribution >= 0.6 is 0 Å². The first-order valence-corrected chi connectivity index (χ1v) is 8.05. The molecule has 1 aromatic rings. The number of nitrogens with zero attached hydrogens (tertiary/aromatic N) is 2. The maximum Gasteiger partial charge on any atom is 0.226 e. The quantitative estimate of drug-likeness (QED) is 0.847. The van der Waals surface area contributed by atoms with E-state index in [0.717, 1.165) is 31.6 Å². The third kappa shape index (κ3) is 3.85. The van der Waals surface area contributed by atoms with Gasteiger partial charge in [0.15, 0.2) is 0 Å². The molecule has 1 fully saturated rings. The van der Waals surface area contributed by atoms with E-state index in [1.54, 1.807) is 0 Å². The van der Waals surface area contributed by atoms with E-state index < -0.39 is 0 Å². The molecule has 1 saturated heterocycles. The minimum Gasteiger partial charge on any atom is -0.309 e. The zero-order chi connectivity index (χ0) is 15.5. The molecule has 1 aromatic carbocycles. The topological polar surface area (TPSA) is 23.6 Å². The van der Waals surface area contributed by atoms with Gasteiger partial charge in [-0.15, -0.1) is 0 Å². The van der Waals surface area contributed by atoms with Crippen LogP contribution < -0.4 is 4.90 Å². The molecule has 0 radical (unpaired) electrons. The first-order valence-electron chi connectivity index (χ1n) is 8.05. The van der Waals surface area contributed by atoms with Gasteiger partial charge in [-0.1, -0.05) is 25.1 Å². The number of piperidine rings is 1. The lowest BCUT2D eigenvalue weighted by molar-refractivity contribution is -0.119. The fourth-order valence-corrected chi connectivity index (χ4v) is 3.11. The highest BCUT2D eigenvalue weighted by Crippen LogP contribution is 2.27. The van der Waals surface area contributed by atoms with Crippen LogP contribution in [-0.2, 0) is 4.79 Å². The van der Waals surface area contributed by atoms with Gasteiger partial charge in [0, 0.05) is 36.8 Å². The Hall–Kier alpha value is -1.35. The number of hydrogen-bond acceptors (Lipinski definition) is 2. The van der Waals surface area contributed by atoms with E-state index in [0.29, 0.717) is 12.5 Å². The van der Waals surface area contributed by atoms with Crippen LogP contribution in [-0.4, -0.2) is 35.5 Å². The number of anilines is 1. The Balaban J connectivity index is 2.12. The van der Waals surface area contributed by atoms with Crippen molar-refractivity contribution < 1.29 is 4.79 Å². The molecule has 0 saturated carbocycles. The molecule has 0 unspecified atom stereocenters. The van der Waals surface area contributed by atoms with Crippen molar-refractivity contribution in [3.8, 4) is 0 Å². The number of hydrogen-bond donors (Lipinski definition) is 0. The van der Waals surface area contributed by atoms with Crippen molar-refractivity contribution in [2.75, 3.05) is 18.0 Å². The summed E-state index contributed by atoms with van der Waals surface area (Å²) in [5.41, 5.74) is 1.26. The summed E-state index contributed by atoms with van der Waals surface area (Å²) in [6.07, 6.45) is 2.67. The van der Waals surface area contributed by atoms with Crippen LogP contribution in [0.1, 0.15) is 47.0 Å². The smallest absolute Gasteiger partial charge is 0.226 e. The van der Waals surface area contributed by atoms with Crippen molar-refractivity contribution in [3.63, 3.8) is 0 Å². The van der Waals surface area contributed by atoms with Gasteiger partial charge in [-0.05, 0) is 45.7 Å². The number of carbonyl (C=O) groups is 1. The highest BCUT2D eigenvalue weighted by atomic mass is 16.2. The number of carbonyl (C=O) groups excluding carboxylic acids is 1. The predicted molar refractivity (Wildman–Crippen MR) is 88.6 cm³/mol. The fourth-order valence-electron chi connectivity index (χ4n) is 3.11. The van der Waals surface area contributed by atoms with Crippen LogP contribution in [0.3, 0.4) is 0 Å².